The Balaban J connectivity index is 2.10. The van der Waals surface area contributed by atoms with Crippen molar-refractivity contribution in [1.29, 1.82) is 0 Å². The number of carboxylic acids is 1. The van der Waals surface area contributed by atoms with Crippen molar-refractivity contribution in [2.45, 2.75) is 57.8 Å². The minimum absolute atomic E-state index is 0.101. The highest BCUT2D eigenvalue weighted by molar-refractivity contribution is 5.76. The third-order valence-corrected chi connectivity index (χ3v) is 6.04. The summed E-state index contributed by atoms with van der Waals surface area (Å²) in [6, 6.07) is 0. The molecule has 4 atom stereocenters. The molecule has 156 valence electrons. The molecule has 27 heavy (non-hydrogen) atoms. The quantitative estimate of drug-likeness (QED) is 0.205. The summed E-state index contributed by atoms with van der Waals surface area (Å²) in [6.07, 6.45) is 8.71. The van der Waals surface area contributed by atoms with Gasteiger partial charge in [0, 0.05) is 13.2 Å². The van der Waals surface area contributed by atoms with Gasteiger partial charge >= 0.3 is 5.97 Å². The normalized spacial score (nSPS) is 29.6. The van der Waals surface area contributed by atoms with Crippen LogP contribution in [0.1, 0.15) is 51.9 Å². The van der Waals surface area contributed by atoms with Gasteiger partial charge in [0.25, 0.3) is 5.97 Å². The zero-order valence-corrected chi connectivity index (χ0v) is 16.2. The fraction of sp³-hybridized carbons (Fsp3) is 0.850. The minimum Gasteiger partial charge on any atom is -0.481 e. The highest BCUT2D eigenvalue weighted by Gasteiger charge is 2.66. The van der Waals surface area contributed by atoms with Crippen molar-refractivity contribution in [3.63, 3.8) is 0 Å². The lowest BCUT2D eigenvalue weighted by Gasteiger charge is -2.44. The number of aliphatic carboxylic acids is 1. The first-order chi connectivity index (χ1) is 12.9. The summed E-state index contributed by atoms with van der Waals surface area (Å²) >= 11 is 0. The zero-order chi connectivity index (χ0) is 19.9. The molecule has 1 fully saturated rings. The smallest absolute Gasteiger partial charge is 0.310 e. The molecule has 7 heteroatoms. The van der Waals surface area contributed by atoms with Gasteiger partial charge in [-0.1, -0.05) is 12.2 Å². The lowest BCUT2D eigenvalue weighted by atomic mass is 9.68. The van der Waals surface area contributed by atoms with Crippen LogP contribution in [-0.2, 0) is 14.3 Å². The maximum Gasteiger partial charge on any atom is 0.310 e. The predicted octanol–water partition coefficient (Wildman–Crippen LogP) is 1.90. The molecule has 2 rings (SSSR count). The summed E-state index contributed by atoms with van der Waals surface area (Å²) < 4.78 is 11.5. The first-order valence-corrected chi connectivity index (χ1v) is 10.0. The van der Waals surface area contributed by atoms with Crippen LogP contribution >= 0.6 is 0 Å². The average molecular weight is 386 g/mol. The van der Waals surface area contributed by atoms with Gasteiger partial charge in [0.15, 0.2) is 0 Å². The summed E-state index contributed by atoms with van der Waals surface area (Å²) in [7, 11) is 0. The van der Waals surface area contributed by atoms with Crippen LogP contribution in [0.2, 0.25) is 0 Å². The van der Waals surface area contributed by atoms with Crippen LogP contribution in [-0.4, -0.2) is 58.8 Å². The fourth-order valence-corrected chi connectivity index (χ4v) is 4.47. The molecule has 0 radical (unpaired) electrons. The van der Waals surface area contributed by atoms with Gasteiger partial charge in [-0.3, -0.25) is 4.79 Å². The van der Waals surface area contributed by atoms with Crippen LogP contribution < -0.4 is 0 Å². The van der Waals surface area contributed by atoms with Gasteiger partial charge in [-0.2, -0.15) is 0 Å². The van der Waals surface area contributed by atoms with E-state index in [9.17, 15) is 15.0 Å². The van der Waals surface area contributed by atoms with E-state index in [4.69, 9.17) is 19.7 Å². The Morgan fingerprint density at radius 2 is 1.59 bits per heavy atom. The summed E-state index contributed by atoms with van der Waals surface area (Å²) in [5.41, 5.74) is -1.15. The number of ether oxygens (including phenoxy) is 2. The molecule has 2 aliphatic rings. The second-order valence-corrected chi connectivity index (χ2v) is 7.85. The number of aliphatic hydroxyl groups is 3. The number of carbonyl (C=O) groups is 1. The molecule has 1 saturated carbocycles. The van der Waals surface area contributed by atoms with Crippen molar-refractivity contribution in [3.8, 4) is 0 Å². The van der Waals surface area contributed by atoms with Crippen molar-refractivity contribution in [1.82, 2.24) is 0 Å². The highest BCUT2D eigenvalue weighted by Crippen LogP contribution is 2.60. The molecule has 0 aromatic rings. The fourth-order valence-electron chi connectivity index (χ4n) is 4.47. The second-order valence-electron chi connectivity index (χ2n) is 7.85. The summed E-state index contributed by atoms with van der Waals surface area (Å²) in [5.74, 6) is -3.84. The number of hydrogen-bond donors (Lipinski definition) is 4. The van der Waals surface area contributed by atoms with Gasteiger partial charge < -0.3 is 29.9 Å². The molecule has 0 aromatic heterocycles. The minimum atomic E-state index is -1.96. The van der Waals surface area contributed by atoms with Crippen molar-refractivity contribution in [2.75, 3.05) is 26.4 Å². The molecule has 0 amide bonds. The van der Waals surface area contributed by atoms with Crippen molar-refractivity contribution >= 4 is 5.97 Å². The third kappa shape index (κ3) is 4.90. The zero-order valence-electron chi connectivity index (χ0n) is 16.2. The van der Waals surface area contributed by atoms with E-state index >= 15 is 0 Å². The van der Waals surface area contributed by atoms with Gasteiger partial charge in [-0.05, 0) is 63.7 Å². The summed E-state index contributed by atoms with van der Waals surface area (Å²) in [6.45, 7) is 2.37. The van der Waals surface area contributed by atoms with E-state index in [1.807, 2.05) is 12.2 Å². The van der Waals surface area contributed by atoms with Gasteiger partial charge in [0.05, 0.1) is 24.5 Å². The number of aliphatic hydroxyl groups excluding tert-OH is 2. The number of hydrogen-bond acceptors (Lipinski definition) is 6. The van der Waals surface area contributed by atoms with Crippen LogP contribution in [0.4, 0.5) is 0 Å². The summed E-state index contributed by atoms with van der Waals surface area (Å²) in [4.78, 5) is 12.1. The standard InChI is InChI=1S/C20H34O7/c1-19(18(23)24)16-9-8-15(14-16)17(19)20(25,26-12-6-2-4-10-21)27-13-7-3-5-11-22/h8-9,15-17,21-22,25H,2-7,10-14H2,1H3,(H,23,24). The first kappa shape index (κ1) is 22.3. The molecule has 0 aromatic carbocycles. The lowest BCUT2D eigenvalue weighted by Crippen LogP contribution is -2.55. The van der Waals surface area contributed by atoms with Crippen molar-refractivity contribution in [3.05, 3.63) is 12.2 Å². The molecule has 4 N–H and O–H groups in total. The molecule has 0 saturated heterocycles. The van der Waals surface area contributed by atoms with E-state index in [1.165, 1.54) is 0 Å². The van der Waals surface area contributed by atoms with Gasteiger partial charge in [0.1, 0.15) is 0 Å². The van der Waals surface area contributed by atoms with Gasteiger partial charge in [-0.15, -0.1) is 0 Å². The second kappa shape index (κ2) is 9.98. The first-order valence-electron chi connectivity index (χ1n) is 10.0. The Kier molecular flexibility index (Phi) is 8.24. The highest BCUT2D eigenvalue weighted by atomic mass is 16.8. The molecule has 2 aliphatic carbocycles. The molecule has 0 heterocycles. The Morgan fingerprint density at radius 3 is 2.07 bits per heavy atom. The maximum atomic E-state index is 12.1. The molecular weight excluding hydrogens is 352 g/mol. The Labute approximate surface area is 161 Å². The Hall–Kier alpha value is -0.990. The monoisotopic (exact) mass is 386 g/mol. The third-order valence-electron chi connectivity index (χ3n) is 6.04. The SMILES string of the molecule is CC1(C(=O)O)C2C=CC(C2)C1C(O)(OCCCCCO)OCCCCCO. The summed E-state index contributed by atoms with van der Waals surface area (Å²) in [5, 5.41) is 39.0. The van der Waals surface area contributed by atoms with Crippen LogP contribution in [0.15, 0.2) is 12.2 Å². The van der Waals surface area contributed by atoms with Crippen molar-refractivity contribution < 1.29 is 34.7 Å². The Morgan fingerprint density at radius 1 is 1.04 bits per heavy atom. The Bertz CT molecular complexity index is 493. The van der Waals surface area contributed by atoms with E-state index in [0.29, 0.717) is 32.1 Å². The van der Waals surface area contributed by atoms with E-state index in [1.54, 1.807) is 6.92 Å². The van der Waals surface area contributed by atoms with E-state index in [0.717, 1.165) is 12.8 Å². The number of carboxylic acid groups (broad SMARTS) is 1. The van der Waals surface area contributed by atoms with Crippen LogP contribution in [0.25, 0.3) is 0 Å². The number of unbranched alkanes of at least 4 members (excludes halogenated alkanes) is 4. The molecule has 7 nitrogen and oxygen atoms in total. The van der Waals surface area contributed by atoms with Gasteiger partial charge in [-0.25, -0.2) is 0 Å². The largest absolute Gasteiger partial charge is 0.481 e. The molecule has 0 aliphatic heterocycles. The molecule has 0 spiro atoms. The van der Waals surface area contributed by atoms with E-state index in [-0.39, 0.29) is 38.3 Å². The van der Waals surface area contributed by atoms with Crippen molar-refractivity contribution in [2.24, 2.45) is 23.2 Å². The maximum absolute atomic E-state index is 12.1. The van der Waals surface area contributed by atoms with Gasteiger partial charge in [0.2, 0.25) is 0 Å². The molecule has 2 bridgehead atoms. The van der Waals surface area contributed by atoms with Crippen LogP contribution in [0, 0.1) is 23.2 Å². The van der Waals surface area contributed by atoms with E-state index < -0.39 is 23.3 Å². The number of fused-ring (bicyclic) bond motifs is 2. The van der Waals surface area contributed by atoms with Crippen LogP contribution in [0.5, 0.6) is 0 Å². The van der Waals surface area contributed by atoms with Crippen LogP contribution in [0.3, 0.4) is 0 Å². The molecular formula is C20H34O7. The number of allylic oxidation sites excluding steroid dienone is 2. The topological polar surface area (TPSA) is 116 Å². The average Bonchev–Trinajstić information content (AvgIpc) is 3.21. The number of rotatable bonds is 14. The van der Waals surface area contributed by atoms with E-state index in [2.05, 4.69) is 0 Å². The predicted molar refractivity (Wildman–Crippen MR) is 98.7 cm³/mol. The lowest BCUT2D eigenvalue weighted by molar-refractivity contribution is -0.400. The molecule has 4 unspecified atom stereocenters.